The van der Waals surface area contributed by atoms with Crippen molar-refractivity contribution < 1.29 is 4.79 Å². The van der Waals surface area contributed by atoms with E-state index in [2.05, 4.69) is 40.6 Å². The molecule has 2 aliphatic rings. The second-order valence-electron chi connectivity index (χ2n) is 6.99. The minimum absolute atomic E-state index is 0.104. The Morgan fingerprint density at radius 1 is 1.20 bits per heavy atom. The van der Waals surface area contributed by atoms with Gasteiger partial charge >= 0.3 is 0 Å². The van der Waals surface area contributed by atoms with Crippen LogP contribution in [0.3, 0.4) is 0 Å². The molecule has 2 heterocycles. The molecule has 2 aromatic rings. The molecule has 0 unspecified atom stereocenters. The van der Waals surface area contributed by atoms with Gasteiger partial charge < -0.3 is 10.2 Å². The number of nitrogens with zero attached hydrogens (tertiary/aromatic N) is 3. The van der Waals surface area contributed by atoms with E-state index in [9.17, 15) is 4.79 Å². The van der Waals surface area contributed by atoms with E-state index >= 15 is 0 Å². The number of hydrogen-bond donors (Lipinski definition) is 1. The molecule has 0 fully saturated rings. The standard InChI is InChI=1S/C20H24N4O/c1-23-12-4-5-15-13-14(8-10-18(15)23)9-11-19(25)21-20-16-6-3-7-17(16)22-24(20)2/h8-11,13H,3-7,12H2,1-2H3,(H,21,25)/b11-9+. The Morgan fingerprint density at radius 3 is 2.96 bits per heavy atom. The molecule has 5 nitrogen and oxygen atoms in total. The molecule has 0 bridgehead atoms. The molecule has 1 N–H and O–H groups in total. The van der Waals surface area contributed by atoms with Crippen LogP contribution >= 0.6 is 0 Å². The maximum Gasteiger partial charge on any atom is 0.249 e. The number of carbonyl (C=O) groups is 1. The van der Waals surface area contributed by atoms with Crippen LogP contribution in [0.1, 0.15) is 35.2 Å². The topological polar surface area (TPSA) is 50.2 Å². The number of hydrogen-bond acceptors (Lipinski definition) is 3. The summed E-state index contributed by atoms with van der Waals surface area (Å²) in [6, 6.07) is 6.42. The molecule has 0 radical (unpaired) electrons. The molecule has 1 aliphatic heterocycles. The third-order valence-corrected chi connectivity index (χ3v) is 5.19. The highest BCUT2D eigenvalue weighted by Crippen LogP contribution is 2.29. The Labute approximate surface area is 148 Å². The summed E-state index contributed by atoms with van der Waals surface area (Å²) in [6.07, 6.45) is 8.93. The minimum atomic E-state index is -0.104. The summed E-state index contributed by atoms with van der Waals surface area (Å²) in [5.41, 5.74) is 6.06. The number of aryl methyl sites for hydroxylation is 3. The number of carbonyl (C=O) groups excluding carboxylic acids is 1. The fourth-order valence-corrected chi connectivity index (χ4v) is 3.92. The van der Waals surface area contributed by atoms with Crippen LogP contribution in [0.15, 0.2) is 24.3 Å². The van der Waals surface area contributed by atoms with Gasteiger partial charge in [-0.25, -0.2) is 0 Å². The van der Waals surface area contributed by atoms with E-state index < -0.39 is 0 Å². The van der Waals surface area contributed by atoms with Crippen LogP contribution in [0.25, 0.3) is 6.08 Å². The van der Waals surface area contributed by atoms with Gasteiger partial charge in [0.25, 0.3) is 0 Å². The fourth-order valence-electron chi connectivity index (χ4n) is 3.92. The first-order valence-corrected chi connectivity index (χ1v) is 8.99. The van der Waals surface area contributed by atoms with Crippen molar-refractivity contribution in [3.63, 3.8) is 0 Å². The van der Waals surface area contributed by atoms with Gasteiger partial charge in [0, 0.05) is 38.0 Å². The zero-order valence-corrected chi connectivity index (χ0v) is 14.9. The van der Waals surface area contributed by atoms with Crippen molar-refractivity contribution in [2.75, 3.05) is 23.8 Å². The Bertz CT molecular complexity index is 850. The highest BCUT2D eigenvalue weighted by atomic mass is 16.1. The number of rotatable bonds is 3. The van der Waals surface area contributed by atoms with Gasteiger partial charge in [0.15, 0.2) is 0 Å². The zero-order chi connectivity index (χ0) is 17.4. The highest BCUT2D eigenvalue weighted by molar-refractivity contribution is 6.02. The van der Waals surface area contributed by atoms with Crippen LogP contribution in [-0.4, -0.2) is 29.3 Å². The lowest BCUT2D eigenvalue weighted by atomic mass is 9.99. The first-order chi connectivity index (χ1) is 12.1. The quantitative estimate of drug-likeness (QED) is 0.877. The van der Waals surface area contributed by atoms with E-state index in [-0.39, 0.29) is 5.91 Å². The number of aromatic nitrogens is 2. The Kier molecular flexibility index (Phi) is 4.07. The number of amides is 1. The van der Waals surface area contributed by atoms with E-state index in [4.69, 9.17) is 0 Å². The average Bonchev–Trinajstić information content (AvgIpc) is 3.16. The lowest BCUT2D eigenvalue weighted by molar-refractivity contribution is -0.111. The van der Waals surface area contributed by atoms with Crippen molar-refractivity contribution in [3.05, 3.63) is 46.7 Å². The van der Waals surface area contributed by atoms with E-state index in [0.717, 1.165) is 49.3 Å². The van der Waals surface area contributed by atoms with Gasteiger partial charge in [0.1, 0.15) is 5.82 Å². The van der Waals surface area contributed by atoms with Gasteiger partial charge in [0.2, 0.25) is 5.91 Å². The summed E-state index contributed by atoms with van der Waals surface area (Å²) in [7, 11) is 4.02. The van der Waals surface area contributed by atoms with Crippen LogP contribution in [0, 0.1) is 0 Å². The maximum absolute atomic E-state index is 12.3. The third kappa shape index (κ3) is 3.06. The SMILES string of the molecule is CN1CCCc2cc(/C=C/C(=O)Nc3c4c(nn3C)CCC4)ccc21. The molecule has 1 aromatic carbocycles. The van der Waals surface area contributed by atoms with Crippen LogP contribution in [-0.2, 0) is 31.1 Å². The number of nitrogens with one attached hydrogen (secondary N) is 1. The second-order valence-corrected chi connectivity index (χ2v) is 6.99. The van der Waals surface area contributed by atoms with Crippen LogP contribution in [0.5, 0.6) is 0 Å². The fraction of sp³-hybridized carbons (Fsp3) is 0.400. The number of fused-ring (bicyclic) bond motifs is 2. The van der Waals surface area contributed by atoms with Crippen molar-refractivity contribution in [3.8, 4) is 0 Å². The van der Waals surface area contributed by atoms with Gasteiger partial charge in [0.05, 0.1) is 5.69 Å². The average molecular weight is 336 g/mol. The van der Waals surface area contributed by atoms with Crippen molar-refractivity contribution in [2.45, 2.75) is 32.1 Å². The monoisotopic (exact) mass is 336 g/mol. The van der Waals surface area contributed by atoms with Crippen molar-refractivity contribution >= 4 is 23.5 Å². The summed E-state index contributed by atoms with van der Waals surface area (Å²) < 4.78 is 1.78. The molecule has 0 saturated carbocycles. The van der Waals surface area contributed by atoms with E-state index in [1.54, 1.807) is 10.8 Å². The van der Waals surface area contributed by atoms with Gasteiger partial charge in [-0.1, -0.05) is 6.07 Å². The molecule has 1 aliphatic carbocycles. The van der Waals surface area contributed by atoms with Crippen molar-refractivity contribution in [1.29, 1.82) is 0 Å². The van der Waals surface area contributed by atoms with Crippen molar-refractivity contribution in [1.82, 2.24) is 9.78 Å². The molecule has 0 spiro atoms. The maximum atomic E-state index is 12.3. The minimum Gasteiger partial charge on any atom is -0.374 e. The summed E-state index contributed by atoms with van der Waals surface area (Å²) >= 11 is 0. The predicted molar refractivity (Wildman–Crippen MR) is 101 cm³/mol. The molecular formula is C20H24N4O. The Balaban J connectivity index is 1.48. The first kappa shape index (κ1) is 15.9. The van der Waals surface area contributed by atoms with E-state index in [1.807, 2.05) is 13.1 Å². The van der Waals surface area contributed by atoms with Gasteiger partial charge in [-0.05, 0) is 61.4 Å². The number of anilines is 2. The summed E-state index contributed by atoms with van der Waals surface area (Å²) in [6.45, 7) is 1.11. The highest BCUT2D eigenvalue weighted by Gasteiger charge is 2.21. The summed E-state index contributed by atoms with van der Waals surface area (Å²) in [5.74, 6) is 0.738. The van der Waals surface area contributed by atoms with Crippen LogP contribution in [0.4, 0.5) is 11.5 Å². The summed E-state index contributed by atoms with van der Waals surface area (Å²) in [5, 5.41) is 7.49. The third-order valence-electron chi connectivity index (χ3n) is 5.19. The van der Waals surface area contributed by atoms with E-state index in [0.29, 0.717) is 0 Å². The smallest absolute Gasteiger partial charge is 0.249 e. The Hall–Kier alpha value is -2.56. The van der Waals surface area contributed by atoms with Crippen LogP contribution in [0.2, 0.25) is 0 Å². The molecule has 4 rings (SSSR count). The lowest BCUT2D eigenvalue weighted by Gasteiger charge is -2.27. The molecule has 25 heavy (non-hydrogen) atoms. The van der Waals surface area contributed by atoms with E-state index in [1.165, 1.54) is 23.2 Å². The molecule has 0 saturated heterocycles. The second kappa shape index (κ2) is 6.39. The van der Waals surface area contributed by atoms with Gasteiger partial charge in [-0.2, -0.15) is 5.10 Å². The van der Waals surface area contributed by atoms with Crippen molar-refractivity contribution in [2.24, 2.45) is 7.05 Å². The Morgan fingerprint density at radius 2 is 2.08 bits per heavy atom. The molecule has 130 valence electrons. The lowest BCUT2D eigenvalue weighted by Crippen LogP contribution is -2.24. The summed E-state index contributed by atoms with van der Waals surface area (Å²) in [4.78, 5) is 14.6. The molecule has 1 amide bonds. The van der Waals surface area contributed by atoms with Crippen LogP contribution < -0.4 is 10.2 Å². The van der Waals surface area contributed by atoms with Gasteiger partial charge in [-0.3, -0.25) is 9.48 Å². The first-order valence-electron chi connectivity index (χ1n) is 8.99. The van der Waals surface area contributed by atoms with Gasteiger partial charge in [-0.15, -0.1) is 0 Å². The molecule has 1 aromatic heterocycles. The molecular weight excluding hydrogens is 312 g/mol. The molecule has 5 heteroatoms. The zero-order valence-electron chi connectivity index (χ0n) is 14.9. The number of benzene rings is 1. The predicted octanol–water partition coefficient (Wildman–Crippen LogP) is 2.94. The molecule has 0 atom stereocenters. The normalized spacial score (nSPS) is 16.2. The largest absolute Gasteiger partial charge is 0.374 e.